The number of aromatic nitrogens is 1. The topological polar surface area (TPSA) is 3.88 Å². The van der Waals surface area contributed by atoms with E-state index in [0.29, 0.717) is 0 Å². The summed E-state index contributed by atoms with van der Waals surface area (Å²) in [6.07, 6.45) is -4.98. The van der Waals surface area contributed by atoms with Crippen molar-refractivity contribution < 1.29 is 92.4 Å². The van der Waals surface area contributed by atoms with Crippen LogP contribution in [0.2, 0.25) is 0 Å². The van der Waals surface area contributed by atoms with Crippen molar-refractivity contribution >= 4 is 71.1 Å². The Hall–Kier alpha value is -8.69. The molecular weight excluding hydrogens is 1080 g/mol. The van der Waals surface area contributed by atoms with Crippen LogP contribution >= 0.6 is 0 Å². The Morgan fingerprint density at radius 3 is 1.03 bits per heavy atom. The van der Waals surface area contributed by atoms with E-state index >= 15 is 35.1 Å². The van der Waals surface area contributed by atoms with Gasteiger partial charge in [-0.1, -0.05) is 97.1 Å². The Kier molecular flexibility index (Phi) is 13.1. The monoisotopic (exact) mass is 1100 g/mol. The predicted molar refractivity (Wildman–Crippen MR) is 248 cm³/mol. The maximum atomic E-state index is 15.4. The Labute approximate surface area is 423 Å². The lowest BCUT2D eigenvalue weighted by Gasteiger charge is -2.44. The standard InChI is InChI=1S/C32H22N.C24BF20/c1-2-7-22(8-3-1)21-33-20-19-23-9-4-5-12-27(23)32(33)29-18-16-26-14-13-24-10-6-11-25-15-17-28(29)31(26)30(24)25;26-5-1(6(27)14(35)21(42)13(5)34)25(2-7(28)15(36)22(43)16(37)8(2)29,3-9(30)17(38)23(44)18(39)10(3)31)4-11(32)19(40)24(45)20(41)12(4)33/h1-20H,21H2;/q+1;-1. The fourth-order valence-electron chi connectivity index (χ4n) is 10.3. The quantitative estimate of drug-likeness (QED) is 0.0374. The maximum Gasteiger partial charge on any atom is 0.221 e. The zero-order chi connectivity index (χ0) is 56.1. The second kappa shape index (κ2) is 19.4. The highest BCUT2D eigenvalue weighted by Gasteiger charge is 2.52. The third kappa shape index (κ3) is 7.68. The van der Waals surface area contributed by atoms with Crippen LogP contribution < -0.4 is 26.4 Å². The van der Waals surface area contributed by atoms with Crippen LogP contribution in [0.4, 0.5) is 87.8 Å². The van der Waals surface area contributed by atoms with Crippen LogP contribution in [0.5, 0.6) is 0 Å². The van der Waals surface area contributed by atoms with Gasteiger partial charge in [-0.15, -0.1) is 21.9 Å². The fraction of sp³-hybridized carbons (Fsp3) is 0.0179. The summed E-state index contributed by atoms with van der Waals surface area (Å²) in [5.74, 6) is -71.4. The minimum Gasteiger partial charge on any atom is -0.207 e. The van der Waals surface area contributed by atoms with E-state index in [1.165, 1.54) is 59.9 Å². The summed E-state index contributed by atoms with van der Waals surface area (Å²) in [5.41, 5.74) is -10.5. The first-order valence-corrected chi connectivity index (χ1v) is 22.4. The molecule has 0 amide bonds. The molecule has 11 aromatic rings. The lowest BCUT2D eigenvalue weighted by Crippen LogP contribution is -2.81. The van der Waals surface area contributed by atoms with Crippen LogP contribution in [0.15, 0.2) is 121 Å². The molecule has 1 nitrogen and oxygen atoms in total. The Morgan fingerprint density at radius 1 is 0.269 bits per heavy atom. The molecule has 11 rings (SSSR count). The van der Waals surface area contributed by atoms with Crippen molar-refractivity contribution in [3.63, 3.8) is 0 Å². The van der Waals surface area contributed by atoms with Gasteiger partial charge in [0, 0.05) is 11.6 Å². The third-order valence-electron chi connectivity index (χ3n) is 13.6. The molecule has 0 unspecified atom stereocenters. The number of hydrogen-bond donors (Lipinski definition) is 0. The van der Waals surface area contributed by atoms with E-state index in [4.69, 9.17) is 0 Å². The van der Waals surface area contributed by atoms with Gasteiger partial charge in [-0.2, -0.15) is 4.57 Å². The van der Waals surface area contributed by atoms with Crippen LogP contribution in [0, 0.1) is 116 Å². The SMILES string of the molecule is Fc1c(F)c(F)c([B-](c2c(F)c(F)c(F)c(F)c2F)(c2c(F)c(F)c(F)c(F)c2F)c2c(F)c(F)c(F)c(F)c2F)c(F)c1F.c1ccc(C[n+]2ccc3ccccc3c2-c2ccc3ccc4cccc5ccc2c3c45)cc1. The molecule has 0 bridgehead atoms. The number of fused-ring (bicyclic) bond motifs is 1. The smallest absolute Gasteiger partial charge is 0.207 e. The molecule has 0 fully saturated rings. The molecule has 0 radical (unpaired) electrons. The first kappa shape index (κ1) is 52.7. The molecule has 0 atom stereocenters. The van der Waals surface area contributed by atoms with E-state index in [1.54, 1.807) is 0 Å². The largest absolute Gasteiger partial charge is 0.221 e. The van der Waals surface area contributed by atoms with Gasteiger partial charge in [-0.3, -0.25) is 0 Å². The normalized spacial score (nSPS) is 11.9. The van der Waals surface area contributed by atoms with Gasteiger partial charge in [0.05, 0.1) is 10.9 Å². The van der Waals surface area contributed by atoms with Gasteiger partial charge in [0.1, 0.15) is 52.7 Å². The van der Waals surface area contributed by atoms with Crippen LogP contribution in [-0.2, 0) is 6.54 Å². The Morgan fingerprint density at radius 2 is 0.603 bits per heavy atom. The second-order valence-corrected chi connectivity index (χ2v) is 17.6. The minimum atomic E-state index is -7.22. The van der Waals surface area contributed by atoms with Crippen molar-refractivity contribution in [2.24, 2.45) is 0 Å². The first-order chi connectivity index (χ1) is 37.1. The molecule has 0 saturated heterocycles. The molecule has 0 spiro atoms. The van der Waals surface area contributed by atoms with Crippen molar-refractivity contribution in [2.45, 2.75) is 6.54 Å². The lowest BCUT2D eigenvalue weighted by molar-refractivity contribution is -0.676. The molecule has 394 valence electrons. The summed E-state index contributed by atoms with van der Waals surface area (Å²) in [4.78, 5) is 0. The van der Waals surface area contributed by atoms with Gasteiger partial charge in [-0.25, -0.2) is 87.8 Å². The minimum absolute atomic E-state index is 0.836. The van der Waals surface area contributed by atoms with Crippen molar-refractivity contribution in [2.75, 3.05) is 0 Å². The van der Waals surface area contributed by atoms with Gasteiger partial charge in [0.2, 0.25) is 5.69 Å². The van der Waals surface area contributed by atoms with E-state index < -0.39 is 144 Å². The molecule has 10 aromatic carbocycles. The number of rotatable bonds is 7. The number of halogens is 20. The van der Waals surface area contributed by atoms with Crippen molar-refractivity contribution in [3.05, 3.63) is 243 Å². The molecule has 0 saturated carbocycles. The molecule has 1 aromatic heterocycles. The third-order valence-corrected chi connectivity index (χ3v) is 13.6. The molecule has 0 aliphatic carbocycles. The zero-order valence-electron chi connectivity index (χ0n) is 38.3. The average Bonchev–Trinajstić information content (AvgIpc) is 2.63. The molecule has 0 N–H and O–H groups in total. The van der Waals surface area contributed by atoms with Crippen molar-refractivity contribution in [1.29, 1.82) is 0 Å². The van der Waals surface area contributed by atoms with Gasteiger partial charge in [-0.05, 0) is 49.8 Å². The van der Waals surface area contributed by atoms with E-state index in [2.05, 4.69) is 126 Å². The van der Waals surface area contributed by atoms with Crippen LogP contribution in [-0.4, -0.2) is 6.15 Å². The summed E-state index contributed by atoms with van der Waals surface area (Å²) >= 11 is 0. The van der Waals surface area contributed by atoms with Crippen molar-refractivity contribution in [3.8, 4) is 11.3 Å². The lowest BCUT2D eigenvalue weighted by atomic mass is 9.12. The van der Waals surface area contributed by atoms with Crippen molar-refractivity contribution in [1.82, 2.24) is 0 Å². The van der Waals surface area contributed by atoms with Crippen LogP contribution in [0.1, 0.15) is 5.56 Å². The van der Waals surface area contributed by atoms with Gasteiger partial charge in [0.15, 0.2) is 82.5 Å². The highest BCUT2D eigenvalue weighted by molar-refractivity contribution is 7.20. The summed E-state index contributed by atoms with van der Waals surface area (Å²) in [7, 11) is 0. The Balaban J connectivity index is 0.000000184. The summed E-state index contributed by atoms with van der Waals surface area (Å²) in [6, 6.07) is 42.0. The van der Waals surface area contributed by atoms with E-state index in [-0.39, 0.29) is 0 Å². The average molecular weight is 1100 g/mol. The number of pyridine rings is 1. The second-order valence-electron chi connectivity index (χ2n) is 17.6. The number of benzene rings is 10. The zero-order valence-corrected chi connectivity index (χ0v) is 38.3. The predicted octanol–water partition coefficient (Wildman–Crippen LogP) is 13.6. The van der Waals surface area contributed by atoms with E-state index in [9.17, 15) is 52.7 Å². The highest BCUT2D eigenvalue weighted by Crippen LogP contribution is 2.40. The van der Waals surface area contributed by atoms with E-state index in [0.717, 1.165) is 6.54 Å². The fourth-order valence-corrected chi connectivity index (χ4v) is 10.3. The van der Waals surface area contributed by atoms with Gasteiger partial charge in [0.25, 0.3) is 0 Å². The van der Waals surface area contributed by atoms with Gasteiger partial charge < -0.3 is 0 Å². The number of nitrogens with zero attached hydrogens (tertiary/aromatic N) is 1. The number of hydrogen-bond acceptors (Lipinski definition) is 0. The molecule has 78 heavy (non-hydrogen) atoms. The summed E-state index contributed by atoms with van der Waals surface area (Å²) in [5, 5.41) is 10.5. The molecule has 22 heteroatoms. The summed E-state index contributed by atoms with van der Waals surface area (Å²) in [6.45, 7) is 0.836. The highest BCUT2D eigenvalue weighted by atomic mass is 19.2. The molecule has 0 aliphatic rings. The summed E-state index contributed by atoms with van der Waals surface area (Å²) < 4.78 is 296. The molecule has 0 aliphatic heterocycles. The maximum absolute atomic E-state index is 15.4. The molecular formula is C56H22BF20N. The molecule has 1 heterocycles. The first-order valence-electron chi connectivity index (χ1n) is 22.4. The van der Waals surface area contributed by atoms with E-state index in [1.807, 2.05) is 0 Å². The Bertz CT molecular complexity index is 3910. The van der Waals surface area contributed by atoms with Crippen LogP contribution in [0.3, 0.4) is 0 Å². The van der Waals surface area contributed by atoms with Crippen LogP contribution in [0.25, 0.3) is 54.3 Å². The van der Waals surface area contributed by atoms with Gasteiger partial charge >= 0.3 is 0 Å².